The molecule has 0 fully saturated rings. The van der Waals surface area contributed by atoms with Gasteiger partial charge in [-0.05, 0) is 49.3 Å². The molecule has 0 aliphatic rings. The van der Waals surface area contributed by atoms with Gasteiger partial charge >= 0.3 is 0 Å². The predicted molar refractivity (Wildman–Crippen MR) is 71.3 cm³/mol. The van der Waals surface area contributed by atoms with Crippen LogP contribution in [0.15, 0.2) is 18.2 Å². The van der Waals surface area contributed by atoms with Crippen molar-refractivity contribution in [3.63, 3.8) is 0 Å². The van der Waals surface area contributed by atoms with Crippen LogP contribution in [0, 0.1) is 19.8 Å². The maximum absolute atomic E-state index is 10.1. The lowest BCUT2D eigenvalue weighted by Crippen LogP contribution is -2.18. The first-order chi connectivity index (χ1) is 8.04. The molecule has 0 heterocycles. The van der Waals surface area contributed by atoms with E-state index >= 15 is 0 Å². The van der Waals surface area contributed by atoms with Gasteiger partial charge in [-0.2, -0.15) is 0 Å². The van der Waals surface area contributed by atoms with Gasteiger partial charge in [-0.3, -0.25) is 0 Å². The minimum Gasteiger partial charge on any atom is -0.393 e. The van der Waals surface area contributed by atoms with Gasteiger partial charge in [0.25, 0.3) is 0 Å². The average molecular weight is 236 g/mol. The molecule has 0 aliphatic carbocycles. The first-order valence-electron chi connectivity index (χ1n) is 6.26. The summed E-state index contributed by atoms with van der Waals surface area (Å²) in [5, 5.41) is 10.1. The summed E-state index contributed by atoms with van der Waals surface area (Å²) in [6, 6.07) is 6.27. The number of benzene rings is 1. The van der Waals surface area contributed by atoms with Crippen molar-refractivity contribution in [1.29, 1.82) is 0 Å². The van der Waals surface area contributed by atoms with Gasteiger partial charge < -0.3 is 9.84 Å². The van der Waals surface area contributed by atoms with E-state index in [4.69, 9.17) is 4.74 Å². The Bertz CT molecular complexity index is 327. The summed E-state index contributed by atoms with van der Waals surface area (Å²) in [4.78, 5) is 0. The van der Waals surface area contributed by atoms with Crippen LogP contribution in [-0.4, -0.2) is 24.9 Å². The quantitative estimate of drug-likeness (QED) is 0.823. The first kappa shape index (κ1) is 14.2. The molecule has 17 heavy (non-hydrogen) atoms. The number of ether oxygens (including phenoxy) is 1. The fourth-order valence-corrected chi connectivity index (χ4v) is 2.31. The molecule has 0 radical (unpaired) electrons. The van der Waals surface area contributed by atoms with Crippen molar-refractivity contribution in [2.24, 2.45) is 5.92 Å². The highest BCUT2D eigenvalue weighted by Crippen LogP contribution is 2.18. The standard InChI is InChI=1S/C15H24O2/c1-11(10-17-4)8-14(16)9-15-12(2)6-5-7-13(15)3/h5-7,11,14,16H,8-10H2,1-4H3. The monoisotopic (exact) mass is 236 g/mol. The summed E-state index contributed by atoms with van der Waals surface area (Å²) in [5.41, 5.74) is 3.82. The molecule has 1 N–H and O–H groups in total. The molecule has 2 heteroatoms. The molecule has 2 atom stereocenters. The summed E-state index contributed by atoms with van der Waals surface area (Å²) in [6.07, 6.45) is 1.26. The van der Waals surface area contributed by atoms with Crippen molar-refractivity contribution in [1.82, 2.24) is 0 Å². The van der Waals surface area contributed by atoms with Gasteiger partial charge in [0, 0.05) is 13.7 Å². The van der Waals surface area contributed by atoms with E-state index in [9.17, 15) is 5.11 Å². The van der Waals surface area contributed by atoms with Crippen LogP contribution in [-0.2, 0) is 11.2 Å². The van der Waals surface area contributed by atoms with E-state index in [0.29, 0.717) is 12.5 Å². The Labute approximate surface area is 105 Å². The number of hydrogen-bond donors (Lipinski definition) is 1. The molecule has 0 aliphatic heterocycles. The summed E-state index contributed by atoms with van der Waals surface area (Å²) in [7, 11) is 1.70. The number of hydrogen-bond acceptors (Lipinski definition) is 2. The highest BCUT2D eigenvalue weighted by molar-refractivity contribution is 5.33. The molecule has 0 aromatic heterocycles. The van der Waals surface area contributed by atoms with Gasteiger partial charge in [0.1, 0.15) is 0 Å². The molecule has 0 saturated carbocycles. The van der Waals surface area contributed by atoms with Crippen molar-refractivity contribution in [3.8, 4) is 0 Å². The first-order valence-corrected chi connectivity index (χ1v) is 6.26. The third-order valence-electron chi connectivity index (χ3n) is 3.21. The highest BCUT2D eigenvalue weighted by atomic mass is 16.5. The second-order valence-corrected chi connectivity index (χ2v) is 5.02. The van der Waals surface area contributed by atoms with Crippen LogP contribution in [0.4, 0.5) is 0 Å². The van der Waals surface area contributed by atoms with Gasteiger partial charge in [0.2, 0.25) is 0 Å². The minimum atomic E-state index is -0.278. The largest absolute Gasteiger partial charge is 0.393 e. The number of aliphatic hydroxyl groups is 1. The van der Waals surface area contributed by atoms with E-state index in [1.807, 2.05) is 0 Å². The van der Waals surface area contributed by atoms with Gasteiger partial charge in [-0.1, -0.05) is 25.1 Å². The fourth-order valence-electron chi connectivity index (χ4n) is 2.31. The zero-order chi connectivity index (χ0) is 12.8. The molecule has 0 bridgehead atoms. The van der Waals surface area contributed by atoms with Crippen molar-refractivity contribution in [2.45, 2.75) is 39.7 Å². The maximum Gasteiger partial charge on any atom is 0.0584 e. The Morgan fingerprint density at radius 1 is 1.24 bits per heavy atom. The molecule has 2 nitrogen and oxygen atoms in total. The predicted octanol–water partition coefficient (Wildman–Crippen LogP) is 2.88. The van der Waals surface area contributed by atoms with Crippen LogP contribution in [0.1, 0.15) is 30.0 Å². The smallest absolute Gasteiger partial charge is 0.0584 e. The molecule has 0 saturated heterocycles. The van der Waals surface area contributed by atoms with Crippen LogP contribution in [0.25, 0.3) is 0 Å². The Balaban J connectivity index is 2.59. The van der Waals surface area contributed by atoms with E-state index in [2.05, 4.69) is 39.0 Å². The lowest BCUT2D eigenvalue weighted by atomic mass is 9.93. The molecule has 1 aromatic carbocycles. The number of rotatable bonds is 6. The highest BCUT2D eigenvalue weighted by Gasteiger charge is 2.13. The van der Waals surface area contributed by atoms with E-state index in [1.165, 1.54) is 16.7 Å². The Morgan fingerprint density at radius 3 is 2.35 bits per heavy atom. The van der Waals surface area contributed by atoms with Crippen LogP contribution < -0.4 is 0 Å². The van der Waals surface area contributed by atoms with Crippen LogP contribution in [0.3, 0.4) is 0 Å². The average Bonchev–Trinajstić information content (AvgIpc) is 2.24. The Morgan fingerprint density at radius 2 is 1.82 bits per heavy atom. The van der Waals surface area contributed by atoms with Gasteiger partial charge in [-0.25, -0.2) is 0 Å². The summed E-state index contributed by atoms with van der Waals surface area (Å²) in [6.45, 7) is 7.03. The topological polar surface area (TPSA) is 29.5 Å². The molecular formula is C15H24O2. The molecule has 1 rings (SSSR count). The van der Waals surface area contributed by atoms with Crippen LogP contribution in [0.2, 0.25) is 0 Å². The number of aryl methyl sites for hydroxylation is 2. The van der Waals surface area contributed by atoms with Gasteiger partial charge in [0.05, 0.1) is 6.10 Å². The van der Waals surface area contributed by atoms with Crippen LogP contribution >= 0.6 is 0 Å². The molecule has 1 aromatic rings. The normalized spacial score (nSPS) is 14.6. The van der Waals surface area contributed by atoms with E-state index < -0.39 is 0 Å². The second kappa shape index (κ2) is 6.77. The van der Waals surface area contributed by atoms with Crippen molar-refractivity contribution in [2.75, 3.05) is 13.7 Å². The van der Waals surface area contributed by atoms with Gasteiger partial charge in [0.15, 0.2) is 0 Å². The fraction of sp³-hybridized carbons (Fsp3) is 0.600. The number of aliphatic hydroxyl groups excluding tert-OH is 1. The summed E-state index contributed by atoms with van der Waals surface area (Å²) >= 11 is 0. The van der Waals surface area contributed by atoms with E-state index in [-0.39, 0.29) is 6.10 Å². The minimum absolute atomic E-state index is 0.278. The summed E-state index contributed by atoms with van der Waals surface area (Å²) in [5.74, 6) is 0.402. The van der Waals surface area contributed by atoms with Crippen LogP contribution in [0.5, 0.6) is 0 Å². The number of methoxy groups -OCH3 is 1. The Kier molecular flexibility index (Phi) is 5.66. The molecule has 0 spiro atoms. The molecule has 0 amide bonds. The lowest BCUT2D eigenvalue weighted by molar-refractivity contribution is 0.101. The SMILES string of the molecule is COCC(C)CC(O)Cc1c(C)cccc1C. The van der Waals surface area contributed by atoms with Crippen molar-refractivity contribution in [3.05, 3.63) is 34.9 Å². The van der Waals surface area contributed by atoms with Gasteiger partial charge in [-0.15, -0.1) is 0 Å². The van der Waals surface area contributed by atoms with Crippen molar-refractivity contribution >= 4 is 0 Å². The molecular weight excluding hydrogens is 212 g/mol. The third kappa shape index (κ3) is 4.49. The maximum atomic E-state index is 10.1. The zero-order valence-corrected chi connectivity index (χ0v) is 11.4. The van der Waals surface area contributed by atoms with Crippen molar-refractivity contribution < 1.29 is 9.84 Å². The van der Waals surface area contributed by atoms with E-state index in [1.54, 1.807) is 7.11 Å². The third-order valence-corrected chi connectivity index (χ3v) is 3.21. The summed E-state index contributed by atoms with van der Waals surface area (Å²) < 4.78 is 5.09. The zero-order valence-electron chi connectivity index (χ0n) is 11.4. The molecule has 2 unspecified atom stereocenters. The lowest BCUT2D eigenvalue weighted by Gasteiger charge is -2.18. The second-order valence-electron chi connectivity index (χ2n) is 5.02. The van der Waals surface area contributed by atoms with E-state index in [0.717, 1.165) is 12.8 Å². The molecule has 96 valence electrons. The Hall–Kier alpha value is -0.860.